The van der Waals surface area contributed by atoms with Crippen LogP contribution in [0.25, 0.3) is 0 Å². The number of hydrogen-bond donors (Lipinski definition) is 1. The van der Waals surface area contributed by atoms with Crippen molar-refractivity contribution in [1.82, 2.24) is 5.32 Å². The van der Waals surface area contributed by atoms with Crippen molar-refractivity contribution in [3.05, 3.63) is 22.4 Å². The number of amides is 1. The summed E-state index contributed by atoms with van der Waals surface area (Å²) in [7, 11) is 0. The van der Waals surface area contributed by atoms with E-state index < -0.39 is 0 Å². The zero-order valence-corrected chi connectivity index (χ0v) is 10.2. The second kappa shape index (κ2) is 7.95. The topological polar surface area (TPSA) is 29.1 Å². The number of carbonyl (C=O) groups excluding carboxylic acids is 1. The van der Waals surface area contributed by atoms with Crippen molar-refractivity contribution in [2.45, 2.75) is 32.1 Å². The van der Waals surface area contributed by atoms with Crippen molar-refractivity contribution < 1.29 is 4.79 Å². The lowest BCUT2D eigenvalue weighted by Crippen LogP contribution is -2.24. The van der Waals surface area contributed by atoms with Crippen molar-refractivity contribution in [2.24, 2.45) is 0 Å². The largest absolute Gasteiger partial charge is 0.356 e. The molecule has 1 amide bonds. The van der Waals surface area contributed by atoms with Crippen LogP contribution in [0.5, 0.6) is 0 Å². The molecule has 0 spiro atoms. The summed E-state index contributed by atoms with van der Waals surface area (Å²) in [6, 6.07) is 4.15. The van der Waals surface area contributed by atoms with Gasteiger partial charge in [0, 0.05) is 24.3 Å². The predicted molar refractivity (Wildman–Crippen MR) is 68.3 cm³/mol. The van der Waals surface area contributed by atoms with Gasteiger partial charge in [-0.05, 0) is 30.7 Å². The maximum atomic E-state index is 11.4. The van der Waals surface area contributed by atoms with Crippen LogP contribution >= 0.6 is 11.3 Å². The second-order valence-electron chi connectivity index (χ2n) is 3.59. The molecule has 0 aliphatic rings. The summed E-state index contributed by atoms with van der Waals surface area (Å²) in [5, 5.41) is 4.93. The van der Waals surface area contributed by atoms with Gasteiger partial charge in [-0.25, -0.2) is 0 Å². The summed E-state index contributed by atoms with van der Waals surface area (Å²) < 4.78 is 0. The quantitative estimate of drug-likeness (QED) is 0.571. The number of rotatable bonds is 7. The lowest BCUT2D eigenvalue weighted by atomic mass is 10.2. The molecule has 0 bridgehead atoms. The van der Waals surface area contributed by atoms with Gasteiger partial charge >= 0.3 is 0 Å². The SMILES string of the molecule is C#CCCCNC(=O)CCCc1cccs1. The number of carbonyl (C=O) groups is 1. The molecular formula is C13H17NOS. The van der Waals surface area contributed by atoms with E-state index in [9.17, 15) is 4.79 Å². The van der Waals surface area contributed by atoms with Crippen molar-refractivity contribution in [1.29, 1.82) is 0 Å². The first-order valence-electron chi connectivity index (χ1n) is 5.55. The molecule has 0 aliphatic heterocycles. The van der Waals surface area contributed by atoms with E-state index >= 15 is 0 Å². The Bertz CT molecular complexity index is 337. The molecular weight excluding hydrogens is 218 g/mol. The van der Waals surface area contributed by atoms with E-state index in [1.54, 1.807) is 11.3 Å². The van der Waals surface area contributed by atoms with Gasteiger partial charge in [-0.1, -0.05) is 6.07 Å². The van der Waals surface area contributed by atoms with Crippen molar-refractivity contribution in [2.75, 3.05) is 6.54 Å². The summed E-state index contributed by atoms with van der Waals surface area (Å²) in [5.74, 6) is 2.69. The fourth-order valence-corrected chi connectivity index (χ4v) is 2.14. The van der Waals surface area contributed by atoms with Crippen LogP contribution in [-0.4, -0.2) is 12.5 Å². The van der Waals surface area contributed by atoms with Crippen LogP contribution in [-0.2, 0) is 11.2 Å². The highest BCUT2D eigenvalue weighted by molar-refractivity contribution is 7.09. The number of thiophene rings is 1. The van der Waals surface area contributed by atoms with Crippen LogP contribution in [0.2, 0.25) is 0 Å². The Morgan fingerprint density at radius 1 is 1.50 bits per heavy atom. The Morgan fingerprint density at radius 2 is 2.38 bits per heavy atom. The van der Waals surface area contributed by atoms with Crippen LogP contribution in [0.1, 0.15) is 30.6 Å². The Hall–Kier alpha value is -1.27. The normalized spacial score (nSPS) is 9.69. The summed E-state index contributed by atoms with van der Waals surface area (Å²) >= 11 is 1.75. The molecule has 0 unspecified atom stereocenters. The summed E-state index contributed by atoms with van der Waals surface area (Å²) in [6.07, 6.45) is 9.24. The third kappa shape index (κ3) is 5.57. The van der Waals surface area contributed by atoms with E-state index in [1.165, 1.54) is 4.88 Å². The molecule has 1 aromatic heterocycles. The molecule has 1 rings (SSSR count). The van der Waals surface area contributed by atoms with E-state index in [2.05, 4.69) is 22.7 Å². The van der Waals surface area contributed by atoms with Gasteiger partial charge in [0.2, 0.25) is 5.91 Å². The molecule has 0 fully saturated rings. The van der Waals surface area contributed by atoms with Gasteiger partial charge in [0.05, 0.1) is 0 Å². The molecule has 1 aromatic rings. The highest BCUT2D eigenvalue weighted by Gasteiger charge is 2.01. The number of nitrogens with one attached hydrogen (secondary N) is 1. The first-order valence-corrected chi connectivity index (χ1v) is 6.43. The van der Waals surface area contributed by atoms with Crippen LogP contribution in [0.4, 0.5) is 0 Å². The second-order valence-corrected chi connectivity index (χ2v) is 4.62. The van der Waals surface area contributed by atoms with Crippen molar-refractivity contribution in [3.63, 3.8) is 0 Å². The Morgan fingerprint density at radius 3 is 3.06 bits per heavy atom. The first kappa shape index (κ1) is 12.8. The number of terminal acetylenes is 1. The molecule has 3 heteroatoms. The zero-order valence-electron chi connectivity index (χ0n) is 9.37. The predicted octanol–water partition coefficient (Wildman–Crippen LogP) is 2.60. The van der Waals surface area contributed by atoms with Crippen LogP contribution in [0.15, 0.2) is 17.5 Å². The number of aryl methyl sites for hydroxylation is 1. The smallest absolute Gasteiger partial charge is 0.220 e. The average Bonchev–Trinajstić information content (AvgIpc) is 2.77. The Balaban J connectivity index is 2.00. The lowest BCUT2D eigenvalue weighted by molar-refractivity contribution is -0.121. The molecule has 0 aliphatic carbocycles. The van der Waals surface area contributed by atoms with Crippen LogP contribution in [0.3, 0.4) is 0 Å². The van der Waals surface area contributed by atoms with E-state index in [-0.39, 0.29) is 5.91 Å². The molecule has 1 heterocycles. The fourth-order valence-electron chi connectivity index (χ4n) is 1.38. The highest BCUT2D eigenvalue weighted by Crippen LogP contribution is 2.11. The van der Waals surface area contributed by atoms with E-state index in [0.29, 0.717) is 13.0 Å². The maximum absolute atomic E-state index is 11.4. The van der Waals surface area contributed by atoms with E-state index in [1.807, 2.05) is 6.07 Å². The standard InChI is InChI=1S/C13H17NOS/c1-2-3-4-10-14-13(15)9-5-7-12-8-6-11-16-12/h1,6,8,11H,3-5,7,9-10H2,(H,14,15). The third-order valence-corrected chi connectivity index (χ3v) is 3.16. The van der Waals surface area contributed by atoms with Gasteiger partial charge in [0.1, 0.15) is 0 Å². The van der Waals surface area contributed by atoms with Gasteiger partial charge in [-0.3, -0.25) is 4.79 Å². The molecule has 0 saturated carbocycles. The highest BCUT2D eigenvalue weighted by atomic mass is 32.1. The molecule has 0 radical (unpaired) electrons. The number of hydrogen-bond acceptors (Lipinski definition) is 2. The minimum atomic E-state index is 0.133. The third-order valence-electron chi connectivity index (χ3n) is 2.23. The minimum Gasteiger partial charge on any atom is -0.356 e. The van der Waals surface area contributed by atoms with Crippen LogP contribution in [0, 0.1) is 12.3 Å². The van der Waals surface area contributed by atoms with Gasteiger partial charge < -0.3 is 5.32 Å². The molecule has 2 nitrogen and oxygen atoms in total. The molecule has 0 atom stereocenters. The molecule has 1 N–H and O–H groups in total. The maximum Gasteiger partial charge on any atom is 0.220 e. The average molecular weight is 235 g/mol. The minimum absolute atomic E-state index is 0.133. The Labute approximate surface area is 101 Å². The van der Waals surface area contributed by atoms with Crippen molar-refractivity contribution >= 4 is 17.2 Å². The first-order chi connectivity index (χ1) is 7.83. The van der Waals surface area contributed by atoms with Gasteiger partial charge in [-0.2, -0.15) is 0 Å². The molecule has 0 aromatic carbocycles. The van der Waals surface area contributed by atoms with Gasteiger partial charge in [0.15, 0.2) is 0 Å². The van der Waals surface area contributed by atoms with Gasteiger partial charge in [0.25, 0.3) is 0 Å². The van der Waals surface area contributed by atoms with Crippen molar-refractivity contribution in [3.8, 4) is 12.3 Å². The summed E-state index contributed by atoms with van der Waals surface area (Å²) in [6.45, 7) is 0.696. The zero-order chi connectivity index (χ0) is 11.6. The van der Waals surface area contributed by atoms with E-state index in [0.717, 1.165) is 25.7 Å². The van der Waals surface area contributed by atoms with Crippen LogP contribution < -0.4 is 5.32 Å². The molecule has 16 heavy (non-hydrogen) atoms. The number of unbranched alkanes of at least 4 members (excludes halogenated alkanes) is 1. The molecule has 0 saturated heterocycles. The van der Waals surface area contributed by atoms with Gasteiger partial charge in [-0.15, -0.1) is 23.7 Å². The van der Waals surface area contributed by atoms with E-state index in [4.69, 9.17) is 6.42 Å². The Kier molecular flexibility index (Phi) is 6.36. The molecule has 86 valence electrons. The lowest BCUT2D eigenvalue weighted by Gasteiger charge is -2.03. The monoisotopic (exact) mass is 235 g/mol. The summed E-state index contributed by atoms with van der Waals surface area (Å²) in [4.78, 5) is 12.7. The fraction of sp³-hybridized carbons (Fsp3) is 0.462. The summed E-state index contributed by atoms with van der Waals surface area (Å²) in [5.41, 5.74) is 0.